The fourth-order valence-electron chi connectivity index (χ4n) is 2.13. The molecular weight excluding hydrogens is 288 g/mol. The van der Waals surface area contributed by atoms with Gasteiger partial charge in [-0.2, -0.15) is 0 Å². The van der Waals surface area contributed by atoms with Gasteiger partial charge in [0.2, 0.25) is 11.8 Å². The normalized spacial score (nSPS) is 18.1. The molecule has 2 N–H and O–H groups in total. The largest absolute Gasteiger partial charge is 0.355 e. The van der Waals surface area contributed by atoms with Crippen LogP contribution in [-0.2, 0) is 9.59 Å². The Morgan fingerprint density at radius 3 is 3.00 bits per heavy atom. The van der Waals surface area contributed by atoms with Crippen molar-refractivity contribution in [2.45, 2.75) is 12.8 Å². The number of aromatic nitrogens is 2. The van der Waals surface area contributed by atoms with Crippen LogP contribution < -0.4 is 10.6 Å². The molecule has 21 heavy (non-hydrogen) atoms. The number of anilines is 1. The minimum Gasteiger partial charge on any atom is -0.355 e. The first kappa shape index (κ1) is 13.7. The number of carbonyl (C=O) groups is 2. The number of nitrogens with zero attached hydrogens (tertiary/aromatic N) is 2. The molecule has 1 aliphatic rings. The van der Waals surface area contributed by atoms with E-state index in [1.165, 1.54) is 11.3 Å². The van der Waals surface area contributed by atoms with Crippen LogP contribution in [0.1, 0.15) is 12.8 Å². The molecule has 0 spiro atoms. The van der Waals surface area contributed by atoms with Gasteiger partial charge in [0.1, 0.15) is 5.69 Å². The number of thiazole rings is 1. The van der Waals surface area contributed by atoms with E-state index in [1.54, 1.807) is 6.20 Å². The number of hydrogen-bond donors (Lipinski definition) is 2. The van der Waals surface area contributed by atoms with E-state index < -0.39 is 0 Å². The van der Waals surface area contributed by atoms with E-state index in [-0.39, 0.29) is 17.7 Å². The molecule has 0 saturated carbocycles. The standard InChI is InChI=1S/C14H14N4O2S/c19-12-5-4-9(7-16-12)13(20)18-14-17-11(8-21-14)10-3-1-2-6-15-10/h1-3,6,8-9H,4-5,7H2,(H,16,19)(H,17,18,20). The van der Waals surface area contributed by atoms with Gasteiger partial charge in [-0.25, -0.2) is 4.98 Å². The molecule has 1 aliphatic heterocycles. The lowest BCUT2D eigenvalue weighted by molar-refractivity contribution is -0.126. The molecular formula is C14H14N4O2S. The second-order valence-electron chi connectivity index (χ2n) is 4.78. The molecule has 1 atom stereocenters. The molecule has 7 heteroatoms. The van der Waals surface area contributed by atoms with Gasteiger partial charge in [0.25, 0.3) is 0 Å². The average Bonchev–Trinajstić information content (AvgIpc) is 2.97. The Balaban J connectivity index is 1.65. The molecule has 1 saturated heterocycles. The van der Waals surface area contributed by atoms with Crippen molar-refractivity contribution in [2.24, 2.45) is 5.92 Å². The molecule has 2 amide bonds. The minimum atomic E-state index is -0.190. The van der Waals surface area contributed by atoms with Crippen molar-refractivity contribution in [3.8, 4) is 11.4 Å². The number of nitrogens with one attached hydrogen (secondary N) is 2. The first-order valence-electron chi connectivity index (χ1n) is 6.67. The molecule has 2 aromatic heterocycles. The summed E-state index contributed by atoms with van der Waals surface area (Å²) in [4.78, 5) is 31.8. The summed E-state index contributed by atoms with van der Waals surface area (Å²) in [6.45, 7) is 0.392. The summed E-state index contributed by atoms with van der Waals surface area (Å²) in [7, 11) is 0. The summed E-state index contributed by atoms with van der Waals surface area (Å²) in [5.74, 6) is -0.285. The van der Waals surface area contributed by atoms with Crippen molar-refractivity contribution in [3.63, 3.8) is 0 Å². The van der Waals surface area contributed by atoms with Gasteiger partial charge in [-0.3, -0.25) is 14.6 Å². The van der Waals surface area contributed by atoms with E-state index in [1.807, 2.05) is 23.6 Å². The Bertz CT molecular complexity index is 646. The summed E-state index contributed by atoms with van der Waals surface area (Å²) in [6.07, 6.45) is 2.68. The zero-order valence-electron chi connectivity index (χ0n) is 11.2. The minimum absolute atomic E-state index is 0.00531. The molecule has 6 nitrogen and oxygen atoms in total. The predicted octanol–water partition coefficient (Wildman–Crippen LogP) is 1.67. The fourth-order valence-corrected chi connectivity index (χ4v) is 2.83. The smallest absolute Gasteiger partial charge is 0.231 e. The van der Waals surface area contributed by atoms with E-state index in [2.05, 4.69) is 20.6 Å². The van der Waals surface area contributed by atoms with Crippen LogP contribution in [0.25, 0.3) is 11.4 Å². The van der Waals surface area contributed by atoms with E-state index in [0.717, 1.165) is 11.4 Å². The van der Waals surface area contributed by atoms with Crippen molar-refractivity contribution in [2.75, 3.05) is 11.9 Å². The van der Waals surface area contributed by atoms with Crippen molar-refractivity contribution in [3.05, 3.63) is 29.8 Å². The van der Waals surface area contributed by atoms with Crippen molar-refractivity contribution in [1.82, 2.24) is 15.3 Å². The molecule has 0 aliphatic carbocycles. The summed E-state index contributed by atoms with van der Waals surface area (Å²) < 4.78 is 0. The summed E-state index contributed by atoms with van der Waals surface area (Å²) >= 11 is 1.37. The predicted molar refractivity (Wildman–Crippen MR) is 79.7 cm³/mol. The van der Waals surface area contributed by atoms with Crippen LogP contribution in [0, 0.1) is 5.92 Å². The Hall–Kier alpha value is -2.28. The highest BCUT2D eigenvalue weighted by atomic mass is 32.1. The second-order valence-corrected chi connectivity index (χ2v) is 5.64. The maximum Gasteiger partial charge on any atom is 0.231 e. The van der Waals surface area contributed by atoms with Gasteiger partial charge >= 0.3 is 0 Å². The van der Waals surface area contributed by atoms with Crippen LogP contribution in [0.2, 0.25) is 0 Å². The highest BCUT2D eigenvalue weighted by Gasteiger charge is 2.25. The molecule has 2 aromatic rings. The Morgan fingerprint density at radius 1 is 1.38 bits per heavy atom. The molecule has 1 fully saturated rings. The topological polar surface area (TPSA) is 84.0 Å². The van der Waals surface area contributed by atoms with Crippen LogP contribution in [0.5, 0.6) is 0 Å². The van der Waals surface area contributed by atoms with Crippen LogP contribution in [-0.4, -0.2) is 28.3 Å². The Kier molecular flexibility index (Phi) is 3.92. The molecule has 3 rings (SSSR count). The van der Waals surface area contributed by atoms with Gasteiger partial charge < -0.3 is 10.6 Å². The maximum absolute atomic E-state index is 12.1. The number of piperidine rings is 1. The van der Waals surface area contributed by atoms with Crippen LogP contribution in [0.15, 0.2) is 29.8 Å². The van der Waals surface area contributed by atoms with Gasteiger partial charge in [0.05, 0.1) is 11.6 Å². The van der Waals surface area contributed by atoms with Gasteiger partial charge in [0.15, 0.2) is 5.13 Å². The fraction of sp³-hybridized carbons (Fsp3) is 0.286. The highest BCUT2D eigenvalue weighted by molar-refractivity contribution is 7.14. The maximum atomic E-state index is 12.1. The third-order valence-corrected chi connectivity index (χ3v) is 4.06. The Morgan fingerprint density at radius 2 is 2.29 bits per heavy atom. The number of carbonyl (C=O) groups excluding carboxylic acids is 2. The molecule has 0 bridgehead atoms. The number of pyridine rings is 1. The molecule has 1 unspecified atom stereocenters. The van der Waals surface area contributed by atoms with Gasteiger partial charge in [-0.05, 0) is 18.6 Å². The van der Waals surface area contributed by atoms with E-state index in [4.69, 9.17) is 0 Å². The lowest BCUT2D eigenvalue weighted by Crippen LogP contribution is -2.40. The molecule has 0 radical (unpaired) electrons. The number of rotatable bonds is 3. The molecule has 0 aromatic carbocycles. The van der Waals surface area contributed by atoms with Crippen LogP contribution in [0.3, 0.4) is 0 Å². The lowest BCUT2D eigenvalue weighted by Gasteiger charge is -2.20. The van der Waals surface area contributed by atoms with Crippen LogP contribution >= 0.6 is 11.3 Å². The zero-order valence-corrected chi connectivity index (χ0v) is 12.0. The highest BCUT2D eigenvalue weighted by Crippen LogP contribution is 2.24. The Labute approximate surface area is 125 Å². The summed E-state index contributed by atoms with van der Waals surface area (Å²) in [6, 6.07) is 5.61. The third-order valence-electron chi connectivity index (χ3n) is 3.30. The number of amides is 2. The summed E-state index contributed by atoms with van der Waals surface area (Å²) in [5.41, 5.74) is 1.52. The van der Waals surface area contributed by atoms with Gasteiger partial charge in [0, 0.05) is 24.5 Å². The van der Waals surface area contributed by atoms with Crippen molar-refractivity contribution >= 4 is 28.3 Å². The number of hydrogen-bond acceptors (Lipinski definition) is 5. The zero-order chi connectivity index (χ0) is 14.7. The molecule has 3 heterocycles. The van der Waals surface area contributed by atoms with E-state index in [9.17, 15) is 9.59 Å². The van der Waals surface area contributed by atoms with Crippen molar-refractivity contribution < 1.29 is 9.59 Å². The lowest BCUT2D eigenvalue weighted by atomic mass is 9.98. The van der Waals surface area contributed by atoms with Gasteiger partial charge in [-0.15, -0.1) is 11.3 Å². The first-order chi connectivity index (χ1) is 10.2. The third kappa shape index (κ3) is 3.25. The monoisotopic (exact) mass is 302 g/mol. The van der Waals surface area contributed by atoms with E-state index >= 15 is 0 Å². The first-order valence-corrected chi connectivity index (χ1v) is 7.55. The van der Waals surface area contributed by atoms with Crippen LogP contribution in [0.4, 0.5) is 5.13 Å². The van der Waals surface area contributed by atoms with Gasteiger partial charge in [-0.1, -0.05) is 6.07 Å². The summed E-state index contributed by atoms with van der Waals surface area (Å²) in [5, 5.41) is 7.92. The quantitative estimate of drug-likeness (QED) is 0.903. The van der Waals surface area contributed by atoms with Crippen molar-refractivity contribution in [1.29, 1.82) is 0 Å². The average molecular weight is 302 g/mol. The van der Waals surface area contributed by atoms with E-state index in [0.29, 0.717) is 24.5 Å². The second kappa shape index (κ2) is 6.01. The molecule has 108 valence electrons. The SMILES string of the molecule is O=C1CCC(C(=O)Nc2nc(-c3ccccn3)cs2)CN1.